The Morgan fingerprint density at radius 2 is 1.77 bits per heavy atom. The molecule has 39 heavy (non-hydrogen) atoms. The number of carbonyl (C=O) groups is 1. The predicted octanol–water partition coefficient (Wildman–Crippen LogP) is 8.69. The zero-order valence-corrected chi connectivity index (χ0v) is 25.9. The monoisotopic (exact) mass is 588 g/mol. The summed E-state index contributed by atoms with van der Waals surface area (Å²) in [5, 5.41) is 9.37. The molecule has 0 atom stereocenters. The third-order valence-electron chi connectivity index (χ3n) is 6.79. The molecular weight excluding hydrogens is 551 g/mol. The standard InChI is InChI=1S/C30H38Cl2N4O2S/c1-28(2,3)36-25(15-18-33-36)35-24-12-7-9-20(34-24)19-30(27(37)38-29(4,5)6)16-13-21(14-17-30)39-23-11-8-10-22(31)26(23)32/h7-12,15,18,21H,13-14,16-17,19H2,1-6H3,(H,34,35)/t21-,30-. The average Bonchev–Trinajstić information content (AvgIpc) is 3.31. The summed E-state index contributed by atoms with van der Waals surface area (Å²) in [6, 6.07) is 13.6. The highest BCUT2D eigenvalue weighted by molar-refractivity contribution is 8.00. The Hall–Kier alpha value is -2.22. The van der Waals surface area contributed by atoms with Crippen molar-refractivity contribution in [2.24, 2.45) is 5.41 Å². The number of nitrogens with zero attached hydrogens (tertiary/aromatic N) is 3. The summed E-state index contributed by atoms with van der Waals surface area (Å²) in [6.45, 7) is 12.1. The summed E-state index contributed by atoms with van der Waals surface area (Å²) in [5.74, 6) is 1.44. The second kappa shape index (κ2) is 11.7. The Labute approximate surface area is 246 Å². The van der Waals surface area contributed by atoms with Gasteiger partial charge in [-0.15, -0.1) is 11.8 Å². The molecule has 9 heteroatoms. The Bertz CT molecular complexity index is 1300. The predicted molar refractivity (Wildman–Crippen MR) is 161 cm³/mol. The van der Waals surface area contributed by atoms with Crippen molar-refractivity contribution in [2.45, 2.75) is 94.9 Å². The van der Waals surface area contributed by atoms with E-state index in [0.717, 1.165) is 35.1 Å². The van der Waals surface area contributed by atoms with Crippen molar-refractivity contribution in [3.63, 3.8) is 0 Å². The van der Waals surface area contributed by atoms with Crippen LogP contribution in [0.2, 0.25) is 10.0 Å². The van der Waals surface area contributed by atoms with Crippen LogP contribution < -0.4 is 5.32 Å². The molecule has 6 nitrogen and oxygen atoms in total. The third-order valence-corrected chi connectivity index (χ3v) is 9.12. The molecule has 0 radical (unpaired) electrons. The van der Waals surface area contributed by atoms with Crippen molar-refractivity contribution in [3.8, 4) is 0 Å². The van der Waals surface area contributed by atoms with Crippen LogP contribution in [0.4, 0.5) is 11.6 Å². The fraction of sp³-hybridized carbons (Fsp3) is 0.500. The summed E-state index contributed by atoms with van der Waals surface area (Å²) in [6.07, 6.45) is 5.47. The molecular formula is C30H38Cl2N4O2S. The molecule has 4 rings (SSSR count). The Morgan fingerprint density at radius 1 is 1.08 bits per heavy atom. The van der Waals surface area contributed by atoms with Crippen molar-refractivity contribution >= 4 is 52.6 Å². The Balaban J connectivity index is 1.53. The van der Waals surface area contributed by atoms with E-state index in [1.54, 1.807) is 24.0 Å². The summed E-state index contributed by atoms with van der Waals surface area (Å²) in [7, 11) is 0. The minimum atomic E-state index is -0.638. The summed E-state index contributed by atoms with van der Waals surface area (Å²) in [5.41, 5.74) is -0.513. The van der Waals surface area contributed by atoms with E-state index in [9.17, 15) is 4.79 Å². The van der Waals surface area contributed by atoms with Crippen LogP contribution in [-0.4, -0.2) is 31.6 Å². The normalized spacial score (nSPS) is 20.1. The second-order valence-electron chi connectivity index (χ2n) is 12.3. The van der Waals surface area contributed by atoms with Crippen LogP contribution in [-0.2, 0) is 21.5 Å². The summed E-state index contributed by atoms with van der Waals surface area (Å²) >= 11 is 14.4. The number of ether oxygens (including phenoxy) is 1. The van der Waals surface area contributed by atoms with Gasteiger partial charge in [0.2, 0.25) is 0 Å². The van der Waals surface area contributed by atoms with Gasteiger partial charge in [-0.1, -0.05) is 35.3 Å². The molecule has 1 aromatic carbocycles. The number of halogens is 2. The maximum absolute atomic E-state index is 13.7. The molecule has 3 aromatic rings. The van der Waals surface area contributed by atoms with Gasteiger partial charge in [-0.2, -0.15) is 5.10 Å². The van der Waals surface area contributed by atoms with Gasteiger partial charge in [0.05, 0.1) is 27.2 Å². The largest absolute Gasteiger partial charge is 0.460 e. The minimum Gasteiger partial charge on any atom is -0.460 e. The summed E-state index contributed by atoms with van der Waals surface area (Å²) < 4.78 is 7.91. The number of aromatic nitrogens is 3. The number of carbonyl (C=O) groups excluding carboxylic acids is 1. The van der Waals surface area contributed by atoms with E-state index >= 15 is 0 Å². The molecule has 210 valence electrons. The van der Waals surface area contributed by atoms with Gasteiger partial charge >= 0.3 is 5.97 Å². The topological polar surface area (TPSA) is 69.0 Å². The molecule has 1 N–H and O–H groups in total. The average molecular weight is 590 g/mol. The van der Waals surface area contributed by atoms with Crippen LogP contribution in [0.15, 0.2) is 53.6 Å². The van der Waals surface area contributed by atoms with Gasteiger partial charge in [0.1, 0.15) is 17.2 Å². The van der Waals surface area contributed by atoms with Crippen LogP contribution >= 0.6 is 35.0 Å². The first-order valence-corrected chi connectivity index (χ1v) is 15.0. The quantitative estimate of drug-likeness (QED) is 0.278. The molecule has 2 aromatic heterocycles. The van der Waals surface area contributed by atoms with Crippen molar-refractivity contribution in [1.29, 1.82) is 0 Å². The van der Waals surface area contributed by atoms with E-state index in [0.29, 0.717) is 34.6 Å². The highest BCUT2D eigenvalue weighted by Gasteiger charge is 2.45. The number of benzene rings is 1. The SMILES string of the molecule is CC(C)(C)OC(=O)[C@]1(Cc2cccc(Nc3ccnn3C(C)(C)C)n2)CC[C@@H](Sc2cccc(Cl)c2Cl)CC1. The number of esters is 1. The number of anilines is 2. The maximum Gasteiger partial charge on any atom is 0.312 e. The lowest BCUT2D eigenvalue weighted by atomic mass is 9.70. The van der Waals surface area contributed by atoms with Crippen molar-refractivity contribution in [2.75, 3.05) is 5.32 Å². The molecule has 1 aliphatic rings. The molecule has 1 aliphatic carbocycles. The number of pyridine rings is 1. The van der Waals surface area contributed by atoms with E-state index < -0.39 is 11.0 Å². The van der Waals surface area contributed by atoms with Crippen molar-refractivity contribution in [1.82, 2.24) is 14.8 Å². The molecule has 0 saturated heterocycles. The van der Waals surface area contributed by atoms with Crippen LogP contribution in [0.1, 0.15) is 72.9 Å². The number of thioether (sulfide) groups is 1. The Kier molecular flexibility index (Phi) is 8.94. The van der Waals surface area contributed by atoms with Crippen LogP contribution in [0.3, 0.4) is 0 Å². The number of rotatable bonds is 7. The summed E-state index contributed by atoms with van der Waals surface area (Å²) in [4.78, 5) is 19.6. The minimum absolute atomic E-state index is 0.148. The van der Waals surface area contributed by atoms with E-state index in [-0.39, 0.29) is 11.5 Å². The molecule has 1 saturated carbocycles. The lowest BCUT2D eigenvalue weighted by Gasteiger charge is -2.39. The van der Waals surface area contributed by atoms with E-state index in [1.807, 2.05) is 61.9 Å². The molecule has 2 heterocycles. The highest BCUT2D eigenvalue weighted by atomic mass is 35.5. The van der Waals surface area contributed by atoms with Gasteiger partial charge < -0.3 is 10.1 Å². The first-order chi connectivity index (χ1) is 18.3. The smallest absolute Gasteiger partial charge is 0.312 e. The van der Waals surface area contributed by atoms with Crippen molar-refractivity contribution in [3.05, 3.63) is 64.4 Å². The Morgan fingerprint density at radius 3 is 2.44 bits per heavy atom. The van der Waals surface area contributed by atoms with E-state index in [4.69, 9.17) is 32.9 Å². The van der Waals surface area contributed by atoms with Gasteiger partial charge in [0.15, 0.2) is 0 Å². The molecule has 0 aliphatic heterocycles. The lowest BCUT2D eigenvalue weighted by Crippen LogP contribution is -2.42. The van der Waals surface area contributed by atoms with E-state index in [1.165, 1.54) is 0 Å². The maximum atomic E-state index is 13.7. The van der Waals surface area contributed by atoms with Crippen molar-refractivity contribution < 1.29 is 9.53 Å². The number of hydrogen-bond donors (Lipinski definition) is 1. The number of hydrogen-bond acceptors (Lipinski definition) is 6. The first kappa shape index (κ1) is 29.8. The lowest BCUT2D eigenvalue weighted by molar-refractivity contribution is -0.170. The van der Waals surface area contributed by atoms with Crippen LogP contribution in [0.25, 0.3) is 0 Å². The zero-order valence-electron chi connectivity index (χ0n) is 23.6. The molecule has 0 amide bonds. The van der Waals surface area contributed by atoms with Gasteiger partial charge in [-0.3, -0.25) is 4.79 Å². The van der Waals surface area contributed by atoms with Gasteiger partial charge in [-0.25, -0.2) is 9.67 Å². The van der Waals surface area contributed by atoms with Crippen LogP contribution in [0, 0.1) is 5.41 Å². The molecule has 0 bridgehead atoms. The highest BCUT2D eigenvalue weighted by Crippen LogP contribution is 2.47. The second-order valence-corrected chi connectivity index (χ2v) is 14.4. The number of nitrogens with one attached hydrogen (secondary N) is 1. The van der Waals surface area contributed by atoms with E-state index in [2.05, 4.69) is 31.2 Å². The molecule has 1 fully saturated rings. The fourth-order valence-corrected chi connectivity index (χ4v) is 6.61. The molecule has 0 spiro atoms. The van der Waals surface area contributed by atoms with Gasteiger partial charge in [-0.05, 0) is 91.5 Å². The third kappa shape index (κ3) is 7.50. The van der Waals surface area contributed by atoms with Crippen LogP contribution in [0.5, 0.6) is 0 Å². The van der Waals surface area contributed by atoms with Gasteiger partial charge in [0.25, 0.3) is 0 Å². The zero-order chi connectivity index (χ0) is 28.4. The fourth-order valence-electron chi connectivity index (χ4n) is 4.91. The first-order valence-electron chi connectivity index (χ1n) is 13.4. The van der Waals surface area contributed by atoms with Gasteiger partial charge in [0, 0.05) is 28.3 Å². The molecule has 0 unspecified atom stereocenters.